The lowest BCUT2D eigenvalue weighted by atomic mass is 10.1. The molecule has 1 aliphatic heterocycles. The minimum atomic E-state index is -0.259. The number of aryl methyl sites for hydroxylation is 1. The van der Waals surface area contributed by atoms with Crippen LogP contribution in [-0.2, 0) is 4.79 Å². The van der Waals surface area contributed by atoms with Gasteiger partial charge in [0, 0.05) is 19.7 Å². The van der Waals surface area contributed by atoms with E-state index in [1.807, 2.05) is 79.3 Å². The van der Waals surface area contributed by atoms with Gasteiger partial charge in [-0.05, 0) is 19.1 Å². The second-order valence-electron chi connectivity index (χ2n) is 6.96. The summed E-state index contributed by atoms with van der Waals surface area (Å²) in [6.07, 6.45) is 0. The molecule has 150 valence electrons. The Bertz CT molecular complexity index is 1140. The number of Topliss-reactive ketones (excluding diaryl/α,β-unsaturated/α-hetero) is 1. The summed E-state index contributed by atoms with van der Waals surface area (Å²) in [6.45, 7) is 2.02. The maximum absolute atomic E-state index is 12.9. The molecule has 0 spiro atoms. The third-order valence-electron chi connectivity index (χ3n) is 4.98. The van der Waals surface area contributed by atoms with Crippen LogP contribution in [0.3, 0.4) is 0 Å². The van der Waals surface area contributed by atoms with E-state index in [4.69, 9.17) is 0 Å². The van der Waals surface area contributed by atoms with Crippen molar-refractivity contribution in [2.24, 2.45) is 0 Å². The number of nitrogens with one attached hydrogen (secondary N) is 1. The quantitative estimate of drug-likeness (QED) is 0.385. The molecule has 2 aromatic carbocycles. The number of carbonyl (C=O) groups is 1. The number of carbonyl (C=O) groups excluding carboxylic acids is 1. The molecule has 7 nitrogen and oxygen atoms in total. The Kier molecular flexibility index (Phi) is 5.29. The maximum atomic E-state index is 12.9. The molecule has 0 aliphatic carbocycles. The number of fused-ring (bicyclic) bond motifs is 1. The zero-order chi connectivity index (χ0) is 21.3. The van der Waals surface area contributed by atoms with Gasteiger partial charge in [0.1, 0.15) is 17.5 Å². The summed E-state index contributed by atoms with van der Waals surface area (Å²) in [5.41, 5.74) is 4.13. The number of H-pyrrole nitrogens is 1. The lowest BCUT2D eigenvalue weighted by Crippen LogP contribution is -2.26. The predicted octanol–water partition coefficient (Wildman–Crippen LogP) is 3.76. The third kappa shape index (κ3) is 3.55. The average molecular weight is 417 g/mol. The minimum absolute atomic E-state index is 0.0790. The lowest BCUT2D eigenvalue weighted by Gasteiger charge is -2.19. The molecule has 0 amide bonds. The molecule has 0 atom stereocenters. The maximum Gasteiger partial charge on any atom is 0.209 e. The molecular formula is C22H20N6OS. The summed E-state index contributed by atoms with van der Waals surface area (Å²) in [5, 5.41) is 17.3. The predicted molar refractivity (Wildman–Crippen MR) is 118 cm³/mol. The lowest BCUT2D eigenvalue weighted by molar-refractivity contribution is -0.112. The number of ketones is 1. The number of thioether (sulfide) groups is 1. The summed E-state index contributed by atoms with van der Waals surface area (Å²) in [4.78, 5) is 21.1. The number of rotatable bonds is 5. The molecule has 0 bridgehead atoms. The van der Waals surface area contributed by atoms with Gasteiger partial charge in [0.15, 0.2) is 11.6 Å². The van der Waals surface area contributed by atoms with Crippen molar-refractivity contribution in [3.8, 4) is 17.5 Å². The van der Waals surface area contributed by atoms with Gasteiger partial charge in [0.05, 0.1) is 17.1 Å². The number of para-hydroxylation sites is 2. The molecule has 2 heterocycles. The summed E-state index contributed by atoms with van der Waals surface area (Å²) >= 11 is 1.21. The van der Waals surface area contributed by atoms with E-state index in [9.17, 15) is 10.1 Å². The molecule has 1 aromatic heterocycles. The fourth-order valence-electron chi connectivity index (χ4n) is 3.41. The van der Waals surface area contributed by atoms with Crippen LogP contribution >= 0.6 is 11.8 Å². The Balaban J connectivity index is 1.51. The van der Waals surface area contributed by atoms with Crippen LogP contribution in [0.1, 0.15) is 5.56 Å². The van der Waals surface area contributed by atoms with E-state index in [0.29, 0.717) is 16.8 Å². The van der Waals surface area contributed by atoms with E-state index in [0.717, 1.165) is 16.9 Å². The number of aromatic amines is 1. The molecule has 1 N–H and O–H groups in total. The van der Waals surface area contributed by atoms with Crippen molar-refractivity contribution in [1.29, 1.82) is 5.26 Å². The first-order chi connectivity index (χ1) is 14.5. The zero-order valence-electron chi connectivity index (χ0n) is 16.9. The van der Waals surface area contributed by atoms with Crippen LogP contribution in [0, 0.1) is 18.3 Å². The van der Waals surface area contributed by atoms with Gasteiger partial charge in [0.2, 0.25) is 5.16 Å². The summed E-state index contributed by atoms with van der Waals surface area (Å²) in [6, 6.07) is 17.8. The van der Waals surface area contributed by atoms with Gasteiger partial charge in [-0.3, -0.25) is 9.89 Å². The number of nitrogens with zero attached hydrogens (tertiary/aromatic N) is 5. The van der Waals surface area contributed by atoms with E-state index in [1.165, 1.54) is 17.3 Å². The van der Waals surface area contributed by atoms with Crippen molar-refractivity contribution >= 4 is 28.9 Å². The third-order valence-corrected chi connectivity index (χ3v) is 5.82. The van der Waals surface area contributed by atoms with Gasteiger partial charge in [-0.15, -0.1) is 5.10 Å². The number of anilines is 2. The van der Waals surface area contributed by atoms with Crippen LogP contribution in [0.25, 0.3) is 11.4 Å². The minimum Gasteiger partial charge on any atom is -0.328 e. The molecule has 3 aromatic rings. The highest BCUT2D eigenvalue weighted by molar-refractivity contribution is 7.99. The molecule has 4 rings (SSSR count). The largest absolute Gasteiger partial charge is 0.328 e. The smallest absolute Gasteiger partial charge is 0.209 e. The van der Waals surface area contributed by atoms with Crippen molar-refractivity contribution < 1.29 is 4.79 Å². The molecule has 8 heteroatoms. The monoisotopic (exact) mass is 416 g/mol. The first kappa shape index (κ1) is 19.7. The van der Waals surface area contributed by atoms with Gasteiger partial charge in [0.25, 0.3) is 0 Å². The molecule has 0 unspecified atom stereocenters. The number of hydrogen-bond acceptors (Lipinski definition) is 7. The van der Waals surface area contributed by atoms with Crippen LogP contribution < -0.4 is 9.80 Å². The molecule has 30 heavy (non-hydrogen) atoms. The van der Waals surface area contributed by atoms with Gasteiger partial charge in [-0.25, -0.2) is 4.98 Å². The molecule has 0 saturated carbocycles. The van der Waals surface area contributed by atoms with Crippen molar-refractivity contribution in [2.75, 3.05) is 29.6 Å². The van der Waals surface area contributed by atoms with Crippen LogP contribution in [0.15, 0.2) is 65.1 Å². The highest BCUT2D eigenvalue weighted by Gasteiger charge is 2.31. The number of hydrogen-bond donors (Lipinski definition) is 1. The van der Waals surface area contributed by atoms with Crippen molar-refractivity contribution in [3.63, 3.8) is 0 Å². The van der Waals surface area contributed by atoms with Crippen molar-refractivity contribution in [1.82, 2.24) is 15.2 Å². The first-order valence-corrected chi connectivity index (χ1v) is 10.3. The van der Waals surface area contributed by atoms with Crippen LogP contribution in [0.2, 0.25) is 0 Å². The van der Waals surface area contributed by atoms with E-state index in [-0.39, 0.29) is 17.1 Å². The van der Waals surface area contributed by atoms with Crippen LogP contribution in [-0.4, -0.2) is 40.8 Å². The van der Waals surface area contributed by atoms with Gasteiger partial charge >= 0.3 is 0 Å². The Morgan fingerprint density at radius 2 is 1.73 bits per heavy atom. The normalized spacial score (nSPS) is 12.7. The molecule has 0 radical (unpaired) electrons. The Hall–Kier alpha value is -3.57. The van der Waals surface area contributed by atoms with Gasteiger partial charge < -0.3 is 9.80 Å². The highest BCUT2D eigenvalue weighted by Crippen LogP contribution is 2.40. The number of aromatic nitrogens is 3. The second kappa shape index (κ2) is 8.05. The Labute approximate surface area is 179 Å². The zero-order valence-corrected chi connectivity index (χ0v) is 17.7. The number of benzene rings is 2. The molecular weight excluding hydrogens is 396 g/mol. The summed E-state index contributed by atoms with van der Waals surface area (Å²) < 4.78 is 0. The van der Waals surface area contributed by atoms with Crippen molar-refractivity contribution in [3.05, 3.63) is 65.5 Å². The molecule has 0 saturated heterocycles. The highest BCUT2D eigenvalue weighted by atomic mass is 32.2. The number of allylic oxidation sites excluding steroid dienone is 1. The topological polar surface area (TPSA) is 88.9 Å². The van der Waals surface area contributed by atoms with Gasteiger partial charge in [-0.1, -0.05) is 53.7 Å². The second-order valence-corrected chi connectivity index (χ2v) is 7.90. The molecule has 0 fully saturated rings. The standard InChI is InChI=1S/C22H20N6OS/c1-14-8-10-15(11-9-14)20-24-22(26-25-20)30-13-19(29)16(12-23)21-27(2)17-6-4-5-7-18(17)28(21)3/h4-11H,13H2,1-3H3,(H,24,25,26). The fourth-order valence-corrected chi connectivity index (χ4v) is 4.08. The van der Waals surface area contributed by atoms with Crippen molar-refractivity contribution in [2.45, 2.75) is 12.1 Å². The number of nitriles is 1. The summed E-state index contributed by atoms with van der Waals surface area (Å²) in [5.74, 6) is 1.05. The molecule has 1 aliphatic rings. The summed E-state index contributed by atoms with van der Waals surface area (Å²) in [7, 11) is 3.72. The van der Waals surface area contributed by atoms with E-state index < -0.39 is 0 Å². The average Bonchev–Trinajstić information content (AvgIpc) is 3.33. The first-order valence-electron chi connectivity index (χ1n) is 9.36. The fraction of sp³-hybridized carbons (Fsp3) is 0.182. The Morgan fingerprint density at radius 1 is 1.10 bits per heavy atom. The van der Waals surface area contributed by atoms with Gasteiger partial charge in [-0.2, -0.15) is 5.26 Å². The van der Waals surface area contributed by atoms with E-state index in [1.54, 1.807) is 0 Å². The van der Waals surface area contributed by atoms with Crippen LogP contribution in [0.5, 0.6) is 0 Å². The Morgan fingerprint density at radius 3 is 2.33 bits per heavy atom. The van der Waals surface area contributed by atoms with Crippen LogP contribution in [0.4, 0.5) is 11.4 Å². The van der Waals surface area contributed by atoms with E-state index >= 15 is 0 Å². The van der Waals surface area contributed by atoms with E-state index in [2.05, 4.69) is 21.3 Å². The SMILES string of the molecule is Cc1ccc(-c2nc(SCC(=O)C(C#N)=C3N(C)c4ccccc4N3C)n[nH]2)cc1.